The number of carbonyl (C=O) groups is 3. The highest BCUT2D eigenvalue weighted by Crippen LogP contribution is 2.24. The SMILES string of the molecule is CCC1(CC)NC(=O)N(CC(=O)NCc2ccc(COCc3ccccc3)cc2)C1=O. The maximum Gasteiger partial charge on any atom is 0.325 e. The van der Waals surface area contributed by atoms with E-state index >= 15 is 0 Å². The fourth-order valence-electron chi connectivity index (χ4n) is 3.56. The fourth-order valence-corrected chi connectivity index (χ4v) is 3.56. The summed E-state index contributed by atoms with van der Waals surface area (Å²) in [6, 6.07) is 17.2. The summed E-state index contributed by atoms with van der Waals surface area (Å²) in [5.41, 5.74) is 2.20. The zero-order valence-electron chi connectivity index (χ0n) is 18.0. The molecule has 31 heavy (non-hydrogen) atoms. The topological polar surface area (TPSA) is 87.7 Å². The monoisotopic (exact) mass is 423 g/mol. The van der Waals surface area contributed by atoms with Gasteiger partial charge in [0.2, 0.25) is 5.91 Å². The van der Waals surface area contributed by atoms with Crippen molar-refractivity contribution >= 4 is 17.8 Å². The first-order chi connectivity index (χ1) is 15.0. The molecule has 0 radical (unpaired) electrons. The number of urea groups is 1. The van der Waals surface area contributed by atoms with E-state index in [1.807, 2.05) is 68.4 Å². The highest BCUT2D eigenvalue weighted by Gasteiger charge is 2.49. The lowest BCUT2D eigenvalue weighted by atomic mass is 9.93. The van der Waals surface area contributed by atoms with Crippen molar-refractivity contribution in [3.05, 3.63) is 71.3 Å². The molecule has 0 bridgehead atoms. The van der Waals surface area contributed by atoms with E-state index < -0.39 is 11.6 Å². The molecular formula is C24H29N3O4. The standard InChI is InChI=1S/C24H29N3O4/c1-3-24(4-2)22(29)27(23(30)26-24)15-21(28)25-14-18-10-12-20(13-11-18)17-31-16-19-8-6-5-7-9-19/h5-13H,3-4,14-17H2,1-2H3,(H,25,28)(H,26,30). The van der Waals surface area contributed by atoms with Crippen molar-refractivity contribution in [1.29, 1.82) is 0 Å². The lowest BCUT2D eigenvalue weighted by Crippen LogP contribution is -2.46. The van der Waals surface area contributed by atoms with Crippen LogP contribution in [0.4, 0.5) is 4.79 Å². The molecule has 0 spiro atoms. The number of benzene rings is 2. The molecule has 0 atom stereocenters. The lowest BCUT2D eigenvalue weighted by molar-refractivity contribution is -0.135. The van der Waals surface area contributed by atoms with Gasteiger partial charge in [-0.1, -0.05) is 68.4 Å². The summed E-state index contributed by atoms with van der Waals surface area (Å²) in [6.07, 6.45) is 0.987. The van der Waals surface area contributed by atoms with E-state index in [4.69, 9.17) is 4.74 Å². The number of amides is 4. The van der Waals surface area contributed by atoms with Gasteiger partial charge < -0.3 is 15.4 Å². The Bertz CT molecular complexity index is 908. The first-order valence-corrected chi connectivity index (χ1v) is 10.6. The van der Waals surface area contributed by atoms with Crippen molar-refractivity contribution < 1.29 is 19.1 Å². The Kier molecular flexibility index (Phi) is 7.41. The molecule has 2 N–H and O–H groups in total. The zero-order valence-corrected chi connectivity index (χ0v) is 18.0. The Labute approximate surface area is 182 Å². The summed E-state index contributed by atoms with van der Waals surface area (Å²) in [6.45, 7) is 4.80. The number of rotatable bonds is 10. The minimum Gasteiger partial charge on any atom is -0.372 e. The van der Waals surface area contributed by atoms with E-state index in [0.29, 0.717) is 32.6 Å². The first-order valence-electron chi connectivity index (χ1n) is 10.6. The second kappa shape index (κ2) is 10.2. The molecule has 0 aliphatic carbocycles. The van der Waals surface area contributed by atoms with Gasteiger partial charge in [-0.15, -0.1) is 0 Å². The molecule has 0 aromatic heterocycles. The third-order valence-corrected chi connectivity index (χ3v) is 5.65. The van der Waals surface area contributed by atoms with Gasteiger partial charge in [0.05, 0.1) is 13.2 Å². The van der Waals surface area contributed by atoms with Crippen molar-refractivity contribution in [2.24, 2.45) is 0 Å². The van der Waals surface area contributed by atoms with E-state index in [2.05, 4.69) is 10.6 Å². The van der Waals surface area contributed by atoms with Gasteiger partial charge in [0.15, 0.2) is 0 Å². The summed E-state index contributed by atoms with van der Waals surface area (Å²) in [5.74, 6) is -0.709. The predicted octanol–water partition coefficient (Wildman–Crippen LogP) is 3.13. The summed E-state index contributed by atoms with van der Waals surface area (Å²) in [5, 5.41) is 5.50. The van der Waals surface area contributed by atoms with E-state index in [9.17, 15) is 14.4 Å². The molecule has 1 aliphatic heterocycles. The summed E-state index contributed by atoms with van der Waals surface area (Å²) in [4.78, 5) is 38.0. The van der Waals surface area contributed by atoms with Crippen molar-refractivity contribution in [1.82, 2.24) is 15.5 Å². The summed E-state index contributed by atoms with van der Waals surface area (Å²) in [7, 11) is 0. The third-order valence-electron chi connectivity index (χ3n) is 5.65. The van der Waals surface area contributed by atoms with Crippen LogP contribution in [0.3, 0.4) is 0 Å². The van der Waals surface area contributed by atoms with Crippen LogP contribution in [0, 0.1) is 0 Å². The van der Waals surface area contributed by atoms with Crippen LogP contribution in [-0.2, 0) is 34.1 Å². The van der Waals surface area contributed by atoms with Crippen LogP contribution in [0.2, 0.25) is 0 Å². The van der Waals surface area contributed by atoms with Crippen LogP contribution in [0.15, 0.2) is 54.6 Å². The number of carbonyl (C=O) groups excluding carboxylic acids is 3. The molecule has 1 aliphatic rings. The number of nitrogens with zero attached hydrogens (tertiary/aromatic N) is 1. The minimum atomic E-state index is -0.893. The number of nitrogens with one attached hydrogen (secondary N) is 2. The molecule has 3 rings (SSSR count). The van der Waals surface area contributed by atoms with E-state index in [-0.39, 0.29) is 18.4 Å². The Morgan fingerprint density at radius 2 is 1.52 bits per heavy atom. The molecule has 0 saturated carbocycles. The molecule has 7 heteroatoms. The van der Waals surface area contributed by atoms with Crippen molar-refractivity contribution in [2.45, 2.75) is 52.0 Å². The average molecular weight is 424 g/mol. The normalized spacial score (nSPS) is 15.1. The molecular weight excluding hydrogens is 394 g/mol. The molecule has 1 saturated heterocycles. The van der Waals surface area contributed by atoms with Gasteiger partial charge in [-0.25, -0.2) is 4.79 Å². The second-order valence-corrected chi connectivity index (χ2v) is 7.68. The van der Waals surface area contributed by atoms with Gasteiger partial charge >= 0.3 is 6.03 Å². The first kappa shape index (κ1) is 22.5. The smallest absolute Gasteiger partial charge is 0.325 e. The third kappa shape index (κ3) is 5.49. The molecule has 7 nitrogen and oxygen atoms in total. The highest BCUT2D eigenvalue weighted by molar-refractivity contribution is 6.08. The van der Waals surface area contributed by atoms with Crippen molar-refractivity contribution in [3.63, 3.8) is 0 Å². The Hall–Kier alpha value is -3.19. The Morgan fingerprint density at radius 1 is 0.935 bits per heavy atom. The minimum absolute atomic E-state index is 0.280. The van der Waals surface area contributed by atoms with Crippen LogP contribution >= 0.6 is 0 Å². The van der Waals surface area contributed by atoms with Crippen molar-refractivity contribution in [2.75, 3.05) is 6.54 Å². The number of hydrogen-bond donors (Lipinski definition) is 2. The summed E-state index contributed by atoms with van der Waals surface area (Å²) < 4.78 is 5.73. The van der Waals surface area contributed by atoms with E-state index in [1.165, 1.54) is 0 Å². The number of ether oxygens (including phenoxy) is 1. The molecule has 1 heterocycles. The Morgan fingerprint density at radius 3 is 2.10 bits per heavy atom. The largest absolute Gasteiger partial charge is 0.372 e. The maximum atomic E-state index is 12.6. The number of imide groups is 1. The zero-order chi connectivity index (χ0) is 22.3. The van der Waals surface area contributed by atoms with E-state index in [0.717, 1.165) is 21.6 Å². The second-order valence-electron chi connectivity index (χ2n) is 7.68. The lowest BCUT2D eigenvalue weighted by Gasteiger charge is -2.23. The van der Waals surface area contributed by atoms with Crippen LogP contribution in [-0.4, -0.2) is 34.8 Å². The van der Waals surface area contributed by atoms with Gasteiger partial charge in [0.25, 0.3) is 5.91 Å². The summed E-state index contributed by atoms with van der Waals surface area (Å²) >= 11 is 0. The van der Waals surface area contributed by atoms with Crippen LogP contribution in [0.1, 0.15) is 43.4 Å². The van der Waals surface area contributed by atoms with Gasteiger partial charge in [0, 0.05) is 6.54 Å². The molecule has 4 amide bonds. The van der Waals surface area contributed by atoms with Gasteiger partial charge in [-0.3, -0.25) is 14.5 Å². The number of hydrogen-bond acceptors (Lipinski definition) is 4. The van der Waals surface area contributed by atoms with Crippen LogP contribution < -0.4 is 10.6 Å². The average Bonchev–Trinajstić information content (AvgIpc) is 3.04. The molecule has 1 fully saturated rings. The molecule has 2 aromatic rings. The highest BCUT2D eigenvalue weighted by atomic mass is 16.5. The molecule has 2 aromatic carbocycles. The predicted molar refractivity (Wildman–Crippen MR) is 117 cm³/mol. The van der Waals surface area contributed by atoms with Gasteiger partial charge in [-0.05, 0) is 29.5 Å². The van der Waals surface area contributed by atoms with Gasteiger partial charge in [-0.2, -0.15) is 0 Å². The van der Waals surface area contributed by atoms with Crippen molar-refractivity contribution in [3.8, 4) is 0 Å². The molecule has 0 unspecified atom stereocenters. The maximum absolute atomic E-state index is 12.6. The quantitative estimate of drug-likeness (QED) is 0.575. The molecule has 164 valence electrons. The van der Waals surface area contributed by atoms with Gasteiger partial charge in [0.1, 0.15) is 12.1 Å². The van der Waals surface area contributed by atoms with Crippen LogP contribution in [0.5, 0.6) is 0 Å². The Balaban J connectivity index is 1.44. The fraction of sp³-hybridized carbons (Fsp3) is 0.375. The van der Waals surface area contributed by atoms with Crippen LogP contribution in [0.25, 0.3) is 0 Å². The van der Waals surface area contributed by atoms with E-state index in [1.54, 1.807) is 0 Å².